The second-order valence-corrected chi connectivity index (χ2v) is 5.93. The molecule has 10 heteroatoms. The van der Waals surface area contributed by atoms with E-state index in [1.54, 1.807) is 6.92 Å². The molecule has 0 aromatic carbocycles. The number of aliphatic hydroxyl groups is 2. The Morgan fingerprint density at radius 1 is 0.448 bits per heavy atom. The highest BCUT2D eigenvalue weighted by molar-refractivity contribution is 4.41. The number of hydrogen-bond acceptors (Lipinski definition) is 10. The van der Waals surface area contributed by atoms with Crippen LogP contribution in [0.1, 0.15) is 6.92 Å². The quantitative estimate of drug-likeness (QED) is 0.184. The molecule has 1 atom stereocenters. The van der Waals surface area contributed by atoms with Crippen LogP contribution >= 0.6 is 0 Å². The van der Waals surface area contributed by atoms with Gasteiger partial charge in [0.2, 0.25) is 0 Å². The van der Waals surface area contributed by atoms with Crippen LogP contribution in [-0.4, -0.2) is 129 Å². The number of ether oxygens (including phenoxy) is 8. The van der Waals surface area contributed by atoms with E-state index in [1.807, 2.05) is 0 Å². The summed E-state index contributed by atoms with van der Waals surface area (Å²) in [5, 5.41) is 17.5. The van der Waals surface area contributed by atoms with Crippen LogP contribution in [0.25, 0.3) is 0 Å². The van der Waals surface area contributed by atoms with Crippen LogP contribution in [0.5, 0.6) is 0 Å². The summed E-state index contributed by atoms with van der Waals surface area (Å²) < 4.78 is 42.4. The molecule has 0 spiro atoms. The lowest BCUT2D eigenvalue weighted by atomic mass is 10.4. The van der Waals surface area contributed by atoms with Crippen molar-refractivity contribution in [2.75, 3.05) is 112 Å². The zero-order chi connectivity index (χ0) is 21.3. The van der Waals surface area contributed by atoms with Crippen molar-refractivity contribution in [3.63, 3.8) is 0 Å². The largest absolute Gasteiger partial charge is 0.394 e. The molecule has 10 nitrogen and oxygen atoms in total. The third-order valence-corrected chi connectivity index (χ3v) is 3.20. The fourth-order valence-electron chi connectivity index (χ4n) is 1.86. The van der Waals surface area contributed by atoms with E-state index in [1.165, 1.54) is 0 Å². The zero-order valence-electron chi connectivity index (χ0n) is 17.8. The van der Waals surface area contributed by atoms with Crippen LogP contribution in [0.2, 0.25) is 0 Å². The van der Waals surface area contributed by atoms with Crippen molar-refractivity contribution in [2.45, 2.75) is 13.0 Å². The van der Waals surface area contributed by atoms with Gasteiger partial charge in [-0.15, -0.1) is 0 Å². The Morgan fingerprint density at radius 3 is 0.931 bits per heavy atom. The molecule has 29 heavy (non-hydrogen) atoms. The molecular weight excluding hydrogens is 388 g/mol. The molecule has 0 rings (SSSR count). The maximum absolute atomic E-state index is 9.01. The van der Waals surface area contributed by atoms with E-state index in [9.17, 15) is 0 Å². The van der Waals surface area contributed by atoms with Crippen LogP contribution in [0.3, 0.4) is 0 Å². The minimum Gasteiger partial charge on any atom is -0.394 e. The van der Waals surface area contributed by atoms with Crippen molar-refractivity contribution in [3.8, 4) is 0 Å². The first kappa shape index (κ1) is 28.6. The van der Waals surface area contributed by atoms with Gasteiger partial charge >= 0.3 is 0 Å². The second-order valence-electron chi connectivity index (χ2n) is 5.93. The highest BCUT2D eigenvalue weighted by Gasteiger charge is 1.96. The van der Waals surface area contributed by atoms with Gasteiger partial charge < -0.3 is 48.1 Å². The Bertz CT molecular complexity index is 294. The van der Waals surface area contributed by atoms with E-state index in [0.29, 0.717) is 106 Å². The van der Waals surface area contributed by atoms with Crippen LogP contribution in [-0.2, 0) is 37.9 Å². The Hall–Kier alpha value is -0.400. The molecule has 0 radical (unpaired) electrons. The summed E-state index contributed by atoms with van der Waals surface area (Å²) in [5.41, 5.74) is 0. The summed E-state index contributed by atoms with van der Waals surface area (Å²) >= 11 is 0. The average molecular weight is 429 g/mol. The molecule has 0 aliphatic heterocycles. The molecule has 0 aromatic rings. The van der Waals surface area contributed by atoms with Crippen LogP contribution in [0, 0.1) is 0 Å². The smallest absolute Gasteiger partial charge is 0.0745 e. The van der Waals surface area contributed by atoms with Gasteiger partial charge in [-0.3, -0.25) is 0 Å². The average Bonchev–Trinajstić information content (AvgIpc) is 2.71. The predicted molar refractivity (Wildman–Crippen MR) is 105 cm³/mol. The maximum atomic E-state index is 9.01. The van der Waals surface area contributed by atoms with Crippen molar-refractivity contribution in [1.29, 1.82) is 0 Å². The predicted octanol–water partition coefficient (Wildman–Crippen LogP) is -0.508. The van der Waals surface area contributed by atoms with Crippen molar-refractivity contribution < 1.29 is 48.1 Å². The minimum absolute atomic E-state index is 0.0290. The number of rotatable bonds is 25. The van der Waals surface area contributed by atoms with E-state index in [0.717, 1.165) is 0 Å². The maximum Gasteiger partial charge on any atom is 0.0745 e. The molecule has 0 amide bonds. The molecule has 0 saturated carbocycles. The molecule has 0 fully saturated rings. The van der Waals surface area contributed by atoms with E-state index in [4.69, 9.17) is 48.1 Å². The van der Waals surface area contributed by atoms with Gasteiger partial charge in [-0.05, 0) is 6.92 Å². The first-order valence-corrected chi connectivity index (χ1v) is 10.2. The Kier molecular flexibility index (Phi) is 25.3. The van der Waals surface area contributed by atoms with Gasteiger partial charge in [-0.25, -0.2) is 0 Å². The summed E-state index contributed by atoms with van der Waals surface area (Å²) in [6.45, 7) is 9.39. The van der Waals surface area contributed by atoms with E-state index < -0.39 is 6.10 Å². The molecule has 0 saturated heterocycles. The fraction of sp³-hybridized carbons (Fsp3) is 1.00. The first-order valence-electron chi connectivity index (χ1n) is 10.2. The standard InChI is InChI=1S/C19H40O10/c1-19(21)18-29-17-16-28-15-14-27-13-12-26-11-10-25-9-8-24-7-6-23-5-4-22-3-2-20/h19-21H,2-18H2,1H3. The van der Waals surface area contributed by atoms with E-state index >= 15 is 0 Å². The monoisotopic (exact) mass is 428 g/mol. The van der Waals surface area contributed by atoms with Crippen molar-refractivity contribution in [3.05, 3.63) is 0 Å². The molecule has 0 heterocycles. The normalized spacial score (nSPS) is 12.5. The van der Waals surface area contributed by atoms with Crippen LogP contribution in [0.4, 0.5) is 0 Å². The molecule has 0 bridgehead atoms. The van der Waals surface area contributed by atoms with Gasteiger partial charge in [0.15, 0.2) is 0 Å². The van der Waals surface area contributed by atoms with Gasteiger partial charge in [0.25, 0.3) is 0 Å². The summed E-state index contributed by atoms with van der Waals surface area (Å²) in [6.07, 6.45) is -0.447. The Morgan fingerprint density at radius 2 is 0.690 bits per heavy atom. The summed E-state index contributed by atoms with van der Waals surface area (Å²) in [7, 11) is 0. The Balaban J connectivity index is 2.98. The minimum atomic E-state index is -0.447. The van der Waals surface area contributed by atoms with Gasteiger partial charge in [0.1, 0.15) is 0 Å². The molecule has 0 aliphatic rings. The number of aliphatic hydroxyl groups excluding tert-OH is 2. The van der Waals surface area contributed by atoms with E-state index in [-0.39, 0.29) is 6.61 Å². The molecule has 2 N–H and O–H groups in total. The van der Waals surface area contributed by atoms with Crippen molar-refractivity contribution in [1.82, 2.24) is 0 Å². The highest BCUT2D eigenvalue weighted by Crippen LogP contribution is 1.86. The lowest BCUT2D eigenvalue weighted by molar-refractivity contribution is -0.0264. The van der Waals surface area contributed by atoms with Gasteiger partial charge in [0, 0.05) is 0 Å². The van der Waals surface area contributed by atoms with Gasteiger partial charge in [-0.2, -0.15) is 0 Å². The summed E-state index contributed by atoms with van der Waals surface area (Å²) in [5.74, 6) is 0. The molecule has 1 unspecified atom stereocenters. The van der Waals surface area contributed by atoms with Crippen LogP contribution in [0.15, 0.2) is 0 Å². The highest BCUT2D eigenvalue weighted by atomic mass is 16.6. The topological polar surface area (TPSA) is 114 Å². The summed E-state index contributed by atoms with van der Waals surface area (Å²) in [6, 6.07) is 0. The first-order chi connectivity index (χ1) is 14.3. The lowest BCUT2D eigenvalue weighted by Crippen LogP contribution is -2.16. The third-order valence-electron chi connectivity index (χ3n) is 3.20. The molecular formula is C19H40O10. The fourth-order valence-corrected chi connectivity index (χ4v) is 1.86. The Labute approximate surface area is 174 Å². The van der Waals surface area contributed by atoms with Crippen molar-refractivity contribution >= 4 is 0 Å². The number of hydrogen-bond donors (Lipinski definition) is 2. The second kappa shape index (κ2) is 25.6. The van der Waals surface area contributed by atoms with E-state index in [2.05, 4.69) is 0 Å². The zero-order valence-corrected chi connectivity index (χ0v) is 17.8. The van der Waals surface area contributed by atoms with Crippen LogP contribution < -0.4 is 0 Å². The third kappa shape index (κ3) is 27.6. The molecule has 0 aliphatic carbocycles. The van der Waals surface area contributed by atoms with Gasteiger partial charge in [0.05, 0.1) is 118 Å². The SMILES string of the molecule is CC(O)COCCOCCOCCOCCOCCOCCOCCOCCO. The lowest BCUT2D eigenvalue weighted by Gasteiger charge is -2.09. The molecule has 0 aromatic heterocycles. The van der Waals surface area contributed by atoms with Crippen molar-refractivity contribution in [2.24, 2.45) is 0 Å². The molecule has 176 valence electrons. The van der Waals surface area contributed by atoms with Gasteiger partial charge in [-0.1, -0.05) is 0 Å². The summed E-state index contributed by atoms with van der Waals surface area (Å²) in [4.78, 5) is 0.